The summed E-state index contributed by atoms with van der Waals surface area (Å²) < 4.78 is 6.49. The van der Waals surface area contributed by atoms with Crippen molar-refractivity contribution in [3.63, 3.8) is 0 Å². The van der Waals surface area contributed by atoms with E-state index in [1.54, 1.807) is 22.6 Å². The first-order valence-electron chi connectivity index (χ1n) is 5.09. The molecule has 0 aromatic carbocycles. The highest BCUT2D eigenvalue weighted by Crippen LogP contribution is 2.28. The number of aliphatic hydroxyl groups excluding tert-OH is 3. The smallest absolute Gasteiger partial charge is 0.331 e. The van der Waals surface area contributed by atoms with Crippen LogP contribution in [0.4, 0.5) is 0 Å². The van der Waals surface area contributed by atoms with Crippen LogP contribution in [0.3, 0.4) is 0 Å². The van der Waals surface area contributed by atoms with Gasteiger partial charge in [0.25, 0.3) is 5.56 Å². The van der Waals surface area contributed by atoms with Gasteiger partial charge < -0.3 is 20.1 Å². The van der Waals surface area contributed by atoms with Crippen LogP contribution in [0.5, 0.6) is 0 Å². The molecule has 0 radical (unpaired) electrons. The predicted octanol–water partition coefficient (Wildman–Crippen LogP) is -2.25. The summed E-state index contributed by atoms with van der Waals surface area (Å²) in [5.41, 5.74) is -1.31. The molecule has 0 bridgehead atoms. The van der Waals surface area contributed by atoms with Gasteiger partial charge in [0.2, 0.25) is 0 Å². The minimum absolute atomic E-state index is 0.260. The van der Waals surface area contributed by atoms with Gasteiger partial charge in [0.05, 0.1) is 10.3 Å². The first-order valence-corrected chi connectivity index (χ1v) is 6.17. The van der Waals surface area contributed by atoms with Crippen molar-refractivity contribution in [1.29, 1.82) is 0 Å². The summed E-state index contributed by atoms with van der Waals surface area (Å²) in [4.78, 5) is 24.8. The molecule has 0 aliphatic carbocycles. The van der Waals surface area contributed by atoms with Crippen molar-refractivity contribution in [2.45, 2.75) is 24.5 Å². The molecule has 18 heavy (non-hydrogen) atoms. The summed E-state index contributed by atoms with van der Waals surface area (Å²) in [6, 6.07) is 1.16. The van der Waals surface area contributed by atoms with Crippen molar-refractivity contribution < 1.29 is 20.1 Å². The largest absolute Gasteiger partial charge is 0.394 e. The number of aliphatic hydroxyl groups is 3. The number of H-pyrrole nitrogens is 1. The molecule has 1 fully saturated rings. The molecule has 1 aliphatic heterocycles. The lowest BCUT2D eigenvalue weighted by atomic mass is 10.1. The van der Waals surface area contributed by atoms with Crippen LogP contribution in [0.15, 0.2) is 15.7 Å². The number of nitrogens with zero attached hydrogens (tertiary/aromatic N) is 1. The quantitative estimate of drug-likeness (QED) is 0.345. The van der Waals surface area contributed by atoms with E-state index in [1.807, 2.05) is 4.98 Å². The molecular formula is C9H11IN2O6. The maximum absolute atomic E-state index is 11.7. The van der Waals surface area contributed by atoms with Gasteiger partial charge in [-0.15, -0.1) is 0 Å². The Balaban J connectivity index is 2.45. The van der Waals surface area contributed by atoms with Gasteiger partial charge in [-0.3, -0.25) is 14.3 Å². The fourth-order valence-electron chi connectivity index (χ4n) is 1.81. The van der Waals surface area contributed by atoms with Crippen molar-refractivity contribution in [2.24, 2.45) is 0 Å². The van der Waals surface area contributed by atoms with Crippen LogP contribution in [-0.4, -0.2) is 49.8 Å². The summed E-state index contributed by atoms with van der Waals surface area (Å²) in [5.74, 6) is 0. The third-order valence-corrected chi connectivity index (χ3v) is 3.53. The number of aromatic nitrogens is 2. The van der Waals surface area contributed by atoms with Crippen LogP contribution in [-0.2, 0) is 4.74 Å². The number of rotatable bonds is 2. The molecule has 0 amide bonds. The minimum atomic E-state index is -1.36. The van der Waals surface area contributed by atoms with Crippen LogP contribution in [0.2, 0.25) is 0 Å². The first kappa shape index (κ1) is 13.7. The van der Waals surface area contributed by atoms with E-state index in [0.717, 1.165) is 10.6 Å². The first-order chi connectivity index (χ1) is 8.45. The zero-order valence-corrected chi connectivity index (χ0v) is 11.1. The maximum Gasteiger partial charge on any atom is 0.331 e. The molecule has 0 saturated carbocycles. The van der Waals surface area contributed by atoms with Crippen LogP contribution >= 0.6 is 22.6 Å². The van der Waals surface area contributed by atoms with Crippen molar-refractivity contribution in [1.82, 2.24) is 9.55 Å². The Labute approximate surface area is 114 Å². The lowest BCUT2D eigenvalue weighted by molar-refractivity contribution is -0.0562. The zero-order chi connectivity index (χ0) is 13.4. The Morgan fingerprint density at radius 1 is 1.39 bits per heavy atom. The minimum Gasteiger partial charge on any atom is -0.394 e. The normalized spacial score (nSPS) is 31.8. The van der Waals surface area contributed by atoms with Crippen LogP contribution < -0.4 is 11.2 Å². The molecule has 2 heterocycles. The highest BCUT2D eigenvalue weighted by molar-refractivity contribution is 14.1. The Morgan fingerprint density at radius 3 is 2.56 bits per heavy atom. The Kier molecular flexibility index (Phi) is 3.87. The van der Waals surface area contributed by atoms with Gasteiger partial charge in [-0.25, -0.2) is 4.79 Å². The van der Waals surface area contributed by atoms with E-state index in [-0.39, 0.29) is 3.70 Å². The number of hydrogen-bond acceptors (Lipinski definition) is 6. The fraction of sp³-hybridized carbons (Fsp3) is 0.556. The lowest BCUT2D eigenvalue weighted by Crippen LogP contribution is -2.39. The summed E-state index contributed by atoms with van der Waals surface area (Å²) in [7, 11) is 0. The van der Waals surface area contributed by atoms with E-state index in [2.05, 4.69) is 0 Å². The molecule has 4 atom stereocenters. The van der Waals surface area contributed by atoms with Crippen LogP contribution in [0.25, 0.3) is 0 Å². The van der Waals surface area contributed by atoms with E-state index in [0.29, 0.717) is 0 Å². The summed E-state index contributed by atoms with van der Waals surface area (Å²) in [6.07, 6.45) is -4.78. The van der Waals surface area contributed by atoms with Gasteiger partial charge in [-0.2, -0.15) is 0 Å². The molecule has 0 spiro atoms. The highest BCUT2D eigenvalue weighted by Gasteiger charge is 2.44. The second-order valence-corrected chi connectivity index (χ2v) is 4.97. The lowest BCUT2D eigenvalue weighted by Gasteiger charge is -2.18. The number of aromatic amines is 1. The van der Waals surface area contributed by atoms with E-state index in [9.17, 15) is 19.8 Å². The highest BCUT2D eigenvalue weighted by atomic mass is 127. The zero-order valence-electron chi connectivity index (χ0n) is 8.99. The third kappa shape index (κ3) is 2.23. The second-order valence-electron chi connectivity index (χ2n) is 3.86. The topological polar surface area (TPSA) is 125 Å². The monoisotopic (exact) mass is 370 g/mol. The average molecular weight is 370 g/mol. The Hall–Kier alpha value is -0.750. The van der Waals surface area contributed by atoms with Gasteiger partial charge in [0, 0.05) is 6.07 Å². The number of ether oxygens (including phenoxy) is 1. The standard InChI is InChI=1S/C9H11IN2O6/c10-4-1-5(14)11-9(17)12(4)8-7(16)6(15)3(2-13)18-8/h1,3,6-8,13,15-16H,2H2,(H,11,14,17)/t3-,6+,7?,8-/m1/s1. The van der Waals surface area contributed by atoms with Gasteiger partial charge in [0.15, 0.2) is 6.23 Å². The van der Waals surface area contributed by atoms with Gasteiger partial charge in [-0.05, 0) is 22.6 Å². The van der Waals surface area contributed by atoms with E-state index >= 15 is 0 Å². The summed E-state index contributed by atoms with van der Waals surface area (Å²) >= 11 is 1.75. The molecule has 9 heteroatoms. The summed E-state index contributed by atoms with van der Waals surface area (Å²) in [6.45, 7) is -0.483. The molecule has 1 aromatic heterocycles. The third-order valence-electron chi connectivity index (χ3n) is 2.70. The van der Waals surface area contributed by atoms with Crippen LogP contribution in [0.1, 0.15) is 6.23 Å². The van der Waals surface area contributed by atoms with Gasteiger partial charge >= 0.3 is 5.69 Å². The summed E-state index contributed by atoms with van der Waals surface area (Å²) in [5, 5.41) is 28.3. The molecule has 4 N–H and O–H groups in total. The predicted molar refractivity (Wildman–Crippen MR) is 67.0 cm³/mol. The molecule has 1 unspecified atom stereocenters. The van der Waals surface area contributed by atoms with Crippen molar-refractivity contribution in [2.75, 3.05) is 6.61 Å². The molecule has 1 aliphatic rings. The van der Waals surface area contributed by atoms with E-state index in [1.165, 1.54) is 0 Å². The molecule has 8 nitrogen and oxygen atoms in total. The molecular weight excluding hydrogens is 359 g/mol. The number of nitrogens with one attached hydrogen (secondary N) is 1. The molecule has 1 aromatic rings. The van der Waals surface area contributed by atoms with E-state index < -0.39 is 42.4 Å². The van der Waals surface area contributed by atoms with Gasteiger partial charge in [0.1, 0.15) is 18.3 Å². The Morgan fingerprint density at radius 2 is 2.06 bits per heavy atom. The van der Waals surface area contributed by atoms with Crippen molar-refractivity contribution in [3.05, 3.63) is 30.6 Å². The van der Waals surface area contributed by atoms with E-state index in [4.69, 9.17) is 9.84 Å². The van der Waals surface area contributed by atoms with Crippen molar-refractivity contribution >= 4 is 22.6 Å². The number of halogens is 1. The molecule has 100 valence electrons. The SMILES string of the molecule is O=c1cc(I)n([C@@H]2O[C@H](CO)[C@H](O)C2O)c(=O)[nH]1. The molecule has 2 rings (SSSR count). The van der Waals surface area contributed by atoms with Crippen molar-refractivity contribution in [3.8, 4) is 0 Å². The maximum atomic E-state index is 11.7. The number of hydrogen-bond donors (Lipinski definition) is 4. The Bertz CT molecular complexity index is 555. The van der Waals surface area contributed by atoms with Gasteiger partial charge in [-0.1, -0.05) is 0 Å². The average Bonchev–Trinajstić information content (AvgIpc) is 2.56. The fourth-order valence-corrected chi connectivity index (χ4v) is 2.58. The van der Waals surface area contributed by atoms with Crippen LogP contribution in [0, 0.1) is 3.70 Å². The second kappa shape index (κ2) is 5.09. The molecule has 1 saturated heterocycles.